The van der Waals surface area contributed by atoms with E-state index in [0.29, 0.717) is 12.3 Å². The molecule has 2 aromatic rings. The number of phenolic OH excluding ortho intramolecular Hbond substituents is 1. The smallest absolute Gasteiger partial charge is 0.120 e. The van der Waals surface area contributed by atoms with Gasteiger partial charge in [0.15, 0.2) is 0 Å². The first-order chi connectivity index (χ1) is 9.54. The van der Waals surface area contributed by atoms with Crippen LogP contribution in [0.5, 0.6) is 11.5 Å². The lowest BCUT2D eigenvalue weighted by atomic mass is 10.2. The van der Waals surface area contributed by atoms with E-state index in [2.05, 4.69) is 5.32 Å². The summed E-state index contributed by atoms with van der Waals surface area (Å²) in [6, 6.07) is 13.6. The first-order valence-electron chi connectivity index (χ1n) is 6.83. The van der Waals surface area contributed by atoms with Crippen LogP contribution in [0.15, 0.2) is 42.5 Å². The quantitative estimate of drug-likeness (QED) is 0.860. The van der Waals surface area contributed by atoms with Crippen LogP contribution in [0, 0.1) is 6.92 Å². The van der Waals surface area contributed by atoms with E-state index < -0.39 is 0 Å². The Morgan fingerprint density at radius 1 is 1.10 bits per heavy atom. The van der Waals surface area contributed by atoms with Crippen molar-refractivity contribution in [3.63, 3.8) is 0 Å². The lowest BCUT2D eigenvalue weighted by Crippen LogP contribution is -2.05. The molecule has 0 aliphatic rings. The predicted molar refractivity (Wildman–Crippen MR) is 82.4 cm³/mol. The minimum atomic E-state index is 0.189. The predicted octanol–water partition coefficient (Wildman–Crippen LogP) is 4.10. The average Bonchev–Trinajstić information content (AvgIpc) is 2.41. The van der Waals surface area contributed by atoms with Crippen molar-refractivity contribution in [2.45, 2.75) is 33.4 Å². The summed E-state index contributed by atoms with van der Waals surface area (Å²) in [5.74, 6) is 1.20. The second-order valence-corrected chi connectivity index (χ2v) is 5.17. The maximum atomic E-state index is 9.66. The van der Waals surface area contributed by atoms with E-state index in [1.165, 1.54) is 5.56 Å². The van der Waals surface area contributed by atoms with Crippen molar-refractivity contribution in [1.29, 1.82) is 0 Å². The normalized spacial score (nSPS) is 10.6. The fraction of sp³-hybridized carbons (Fsp3) is 0.294. The summed E-state index contributed by atoms with van der Waals surface area (Å²) in [4.78, 5) is 0. The molecular weight excluding hydrogens is 250 g/mol. The van der Waals surface area contributed by atoms with Crippen LogP contribution in [0.25, 0.3) is 0 Å². The SMILES string of the molecule is Cc1ccc(NCc2ccc(OC(C)C)cc2)cc1O. The van der Waals surface area contributed by atoms with Crippen LogP contribution in [-0.4, -0.2) is 11.2 Å². The maximum Gasteiger partial charge on any atom is 0.120 e. The number of nitrogens with one attached hydrogen (secondary N) is 1. The monoisotopic (exact) mass is 271 g/mol. The van der Waals surface area contributed by atoms with Crippen LogP contribution in [0.2, 0.25) is 0 Å². The topological polar surface area (TPSA) is 41.5 Å². The van der Waals surface area contributed by atoms with E-state index in [-0.39, 0.29) is 6.10 Å². The maximum absolute atomic E-state index is 9.66. The lowest BCUT2D eigenvalue weighted by Gasteiger charge is -2.11. The van der Waals surface area contributed by atoms with Gasteiger partial charge in [-0.3, -0.25) is 0 Å². The molecule has 0 saturated carbocycles. The molecule has 0 fully saturated rings. The third-order valence-corrected chi connectivity index (χ3v) is 3.00. The molecular formula is C17H21NO2. The minimum Gasteiger partial charge on any atom is -0.508 e. The molecule has 0 heterocycles. The summed E-state index contributed by atoms with van der Waals surface area (Å²) in [7, 11) is 0. The first kappa shape index (κ1) is 14.3. The molecule has 0 aliphatic heterocycles. The molecule has 0 saturated heterocycles. The minimum absolute atomic E-state index is 0.189. The highest BCUT2D eigenvalue weighted by Crippen LogP contribution is 2.21. The molecule has 0 aromatic heterocycles. The van der Waals surface area contributed by atoms with Gasteiger partial charge in [0.1, 0.15) is 11.5 Å². The second kappa shape index (κ2) is 6.33. The number of ether oxygens (including phenoxy) is 1. The number of hydrogen-bond donors (Lipinski definition) is 2. The van der Waals surface area contributed by atoms with Gasteiger partial charge >= 0.3 is 0 Å². The van der Waals surface area contributed by atoms with Crippen molar-refractivity contribution in [3.05, 3.63) is 53.6 Å². The summed E-state index contributed by atoms with van der Waals surface area (Å²) in [5, 5.41) is 12.9. The lowest BCUT2D eigenvalue weighted by molar-refractivity contribution is 0.242. The van der Waals surface area contributed by atoms with Crippen LogP contribution in [0.3, 0.4) is 0 Å². The zero-order valence-corrected chi connectivity index (χ0v) is 12.2. The standard InChI is InChI=1S/C17H21NO2/c1-12(2)20-16-8-5-14(6-9-16)11-18-15-7-4-13(3)17(19)10-15/h4-10,12,18-19H,11H2,1-3H3. The molecule has 2 rings (SSSR count). The molecule has 2 N–H and O–H groups in total. The molecule has 0 unspecified atom stereocenters. The van der Waals surface area contributed by atoms with Crippen LogP contribution in [-0.2, 0) is 6.54 Å². The Kier molecular flexibility index (Phi) is 4.51. The second-order valence-electron chi connectivity index (χ2n) is 5.17. The molecule has 0 atom stereocenters. The molecule has 3 nitrogen and oxygen atoms in total. The van der Waals surface area contributed by atoms with E-state index in [0.717, 1.165) is 17.0 Å². The number of benzene rings is 2. The largest absolute Gasteiger partial charge is 0.508 e. The average molecular weight is 271 g/mol. The number of rotatable bonds is 5. The van der Waals surface area contributed by atoms with Crippen molar-refractivity contribution in [3.8, 4) is 11.5 Å². The van der Waals surface area contributed by atoms with E-state index in [1.54, 1.807) is 6.07 Å². The van der Waals surface area contributed by atoms with E-state index in [1.807, 2.05) is 57.2 Å². The van der Waals surface area contributed by atoms with Crippen molar-refractivity contribution in [2.75, 3.05) is 5.32 Å². The van der Waals surface area contributed by atoms with Gasteiger partial charge in [-0.1, -0.05) is 18.2 Å². The van der Waals surface area contributed by atoms with Crippen LogP contribution >= 0.6 is 0 Å². The Labute approximate surface area is 120 Å². The van der Waals surface area contributed by atoms with Crippen LogP contribution in [0.4, 0.5) is 5.69 Å². The molecule has 0 amide bonds. The van der Waals surface area contributed by atoms with E-state index >= 15 is 0 Å². The van der Waals surface area contributed by atoms with Gasteiger partial charge in [-0.25, -0.2) is 0 Å². The molecule has 0 bridgehead atoms. The Bertz CT molecular complexity index is 562. The van der Waals surface area contributed by atoms with Gasteiger partial charge in [0.05, 0.1) is 6.10 Å². The zero-order chi connectivity index (χ0) is 14.5. The van der Waals surface area contributed by atoms with Gasteiger partial charge in [0, 0.05) is 18.3 Å². The fourth-order valence-electron chi connectivity index (χ4n) is 1.88. The fourth-order valence-corrected chi connectivity index (χ4v) is 1.88. The Hall–Kier alpha value is -2.16. The summed E-state index contributed by atoms with van der Waals surface area (Å²) in [5.41, 5.74) is 2.96. The molecule has 106 valence electrons. The summed E-state index contributed by atoms with van der Waals surface area (Å²) >= 11 is 0. The molecule has 3 heteroatoms. The third kappa shape index (κ3) is 3.92. The molecule has 2 aromatic carbocycles. The van der Waals surface area contributed by atoms with Gasteiger partial charge in [-0.05, 0) is 50.1 Å². The third-order valence-electron chi connectivity index (χ3n) is 3.00. The molecule has 0 radical (unpaired) electrons. The van der Waals surface area contributed by atoms with Crippen molar-refractivity contribution in [1.82, 2.24) is 0 Å². The van der Waals surface area contributed by atoms with Crippen LogP contribution < -0.4 is 10.1 Å². The Balaban J connectivity index is 1.95. The van der Waals surface area contributed by atoms with E-state index in [9.17, 15) is 5.11 Å². The van der Waals surface area contributed by atoms with E-state index in [4.69, 9.17) is 4.74 Å². The van der Waals surface area contributed by atoms with Gasteiger partial charge in [0.25, 0.3) is 0 Å². The highest BCUT2D eigenvalue weighted by atomic mass is 16.5. The van der Waals surface area contributed by atoms with Crippen molar-refractivity contribution < 1.29 is 9.84 Å². The number of hydrogen-bond acceptors (Lipinski definition) is 3. The Morgan fingerprint density at radius 2 is 1.80 bits per heavy atom. The highest BCUT2D eigenvalue weighted by Gasteiger charge is 2.00. The number of phenols is 1. The first-order valence-corrected chi connectivity index (χ1v) is 6.83. The summed E-state index contributed by atoms with van der Waals surface area (Å²) < 4.78 is 5.61. The number of aryl methyl sites for hydroxylation is 1. The molecule has 20 heavy (non-hydrogen) atoms. The zero-order valence-electron chi connectivity index (χ0n) is 12.2. The van der Waals surface area contributed by atoms with Gasteiger partial charge in [-0.2, -0.15) is 0 Å². The molecule has 0 spiro atoms. The van der Waals surface area contributed by atoms with Crippen molar-refractivity contribution >= 4 is 5.69 Å². The number of anilines is 1. The van der Waals surface area contributed by atoms with Gasteiger partial charge in [-0.15, -0.1) is 0 Å². The Morgan fingerprint density at radius 3 is 2.40 bits per heavy atom. The van der Waals surface area contributed by atoms with Gasteiger partial charge in [0.2, 0.25) is 0 Å². The summed E-state index contributed by atoms with van der Waals surface area (Å²) in [6.07, 6.45) is 0.189. The highest BCUT2D eigenvalue weighted by molar-refractivity contribution is 5.51. The number of aromatic hydroxyl groups is 1. The summed E-state index contributed by atoms with van der Waals surface area (Å²) in [6.45, 7) is 6.62. The van der Waals surface area contributed by atoms with Crippen LogP contribution in [0.1, 0.15) is 25.0 Å². The molecule has 0 aliphatic carbocycles. The van der Waals surface area contributed by atoms with Gasteiger partial charge < -0.3 is 15.2 Å². The van der Waals surface area contributed by atoms with Crippen molar-refractivity contribution in [2.24, 2.45) is 0 Å².